The van der Waals surface area contributed by atoms with Crippen LogP contribution >= 0.6 is 11.6 Å². The minimum Gasteiger partial charge on any atom is -0.497 e. The van der Waals surface area contributed by atoms with Gasteiger partial charge in [-0.25, -0.2) is 4.39 Å². The maximum Gasteiger partial charge on any atom is 0.312 e. The maximum absolute atomic E-state index is 13.1. The molecule has 0 bridgehead atoms. The predicted molar refractivity (Wildman–Crippen MR) is 109 cm³/mol. The fourth-order valence-corrected chi connectivity index (χ4v) is 3.45. The molecule has 0 spiro atoms. The molecule has 6 nitrogen and oxygen atoms in total. The molecule has 2 aromatic carbocycles. The van der Waals surface area contributed by atoms with E-state index in [1.807, 2.05) is 0 Å². The van der Waals surface area contributed by atoms with E-state index in [4.69, 9.17) is 21.1 Å². The van der Waals surface area contributed by atoms with Gasteiger partial charge in [0.15, 0.2) is 6.10 Å². The van der Waals surface area contributed by atoms with E-state index >= 15 is 0 Å². The number of carbonyl (C=O) groups excluding carboxylic acids is 3. The molecule has 0 aliphatic carbocycles. The Hall–Kier alpha value is -2.93. The molecular formula is C22H21ClFNO5. The van der Waals surface area contributed by atoms with Crippen molar-refractivity contribution in [2.75, 3.05) is 24.4 Å². The quantitative estimate of drug-likeness (QED) is 0.361. The first-order chi connectivity index (χ1) is 14.4. The standard InChI is InChI=1S/C22H21ClFNO5/c1-29-18-8-6-17(7-9-18)25-13-15(12-20(25)26)22(28)30-19(10-11-23)21(27)14-2-4-16(24)5-3-14/h2-9,15,19H,10-13H2,1H3/t15-,19-/m0/s1. The van der Waals surface area contributed by atoms with Crippen molar-refractivity contribution >= 4 is 34.9 Å². The smallest absolute Gasteiger partial charge is 0.312 e. The molecule has 1 heterocycles. The number of alkyl halides is 1. The number of Topliss-reactive ketones (excluding diaryl/α,β-unsaturated/α-hetero) is 1. The van der Waals surface area contributed by atoms with Crippen LogP contribution in [0.3, 0.4) is 0 Å². The molecule has 0 saturated carbocycles. The number of halogens is 2. The lowest BCUT2D eigenvalue weighted by Crippen LogP contribution is -2.32. The average Bonchev–Trinajstić information content (AvgIpc) is 3.15. The third kappa shape index (κ3) is 4.97. The summed E-state index contributed by atoms with van der Waals surface area (Å²) in [5.74, 6) is -1.71. The van der Waals surface area contributed by atoms with Crippen LogP contribution in [0, 0.1) is 11.7 Å². The molecule has 0 aromatic heterocycles. The highest BCUT2D eigenvalue weighted by Gasteiger charge is 2.38. The Labute approximate surface area is 178 Å². The van der Waals surface area contributed by atoms with Gasteiger partial charge in [-0.05, 0) is 48.5 Å². The van der Waals surface area contributed by atoms with Crippen molar-refractivity contribution in [2.24, 2.45) is 5.92 Å². The number of ketones is 1. The summed E-state index contributed by atoms with van der Waals surface area (Å²) in [6, 6.07) is 11.9. The zero-order valence-electron chi connectivity index (χ0n) is 16.3. The van der Waals surface area contributed by atoms with Gasteiger partial charge in [-0.15, -0.1) is 11.6 Å². The maximum atomic E-state index is 13.1. The molecule has 0 radical (unpaired) electrons. The van der Waals surface area contributed by atoms with E-state index in [-0.39, 0.29) is 36.7 Å². The SMILES string of the molecule is COc1ccc(N2C[C@@H](C(=O)O[C@@H](CCCl)C(=O)c3ccc(F)cc3)CC2=O)cc1. The van der Waals surface area contributed by atoms with E-state index in [0.29, 0.717) is 11.4 Å². The number of nitrogens with zero attached hydrogens (tertiary/aromatic N) is 1. The van der Waals surface area contributed by atoms with Crippen LogP contribution in [0.2, 0.25) is 0 Å². The van der Waals surface area contributed by atoms with Gasteiger partial charge in [0.2, 0.25) is 11.7 Å². The van der Waals surface area contributed by atoms with Crippen LogP contribution in [0.4, 0.5) is 10.1 Å². The van der Waals surface area contributed by atoms with E-state index < -0.39 is 29.6 Å². The highest BCUT2D eigenvalue weighted by molar-refractivity contribution is 6.18. The average molecular weight is 434 g/mol. The Morgan fingerprint density at radius 1 is 1.17 bits per heavy atom. The molecule has 8 heteroatoms. The van der Waals surface area contributed by atoms with Gasteiger partial charge in [0.05, 0.1) is 13.0 Å². The molecule has 1 aliphatic heterocycles. The minimum atomic E-state index is -1.09. The van der Waals surface area contributed by atoms with Crippen molar-refractivity contribution in [1.29, 1.82) is 0 Å². The van der Waals surface area contributed by atoms with E-state index in [1.54, 1.807) is 31.4 Å². The van der Waals surface area contributed by atoms with Crippen LogP contribution in [0.1, 0.15) is 23.2 Å². The number of hydrogen-bond donors (Lipinski definition) is 0. The molecular weight excluding hydrogens is 413 g/mol. The largest absolute Gasteiger partial charge is 0.497 e. The van der Waals surface area contributed by atoms with Gasteiger partial charge >= 0.3 is 5.97 Å². The Morgan fingerprint density at radius 2 is 1.83 bits per heavy atom. The van der Waals surface area contributed by atoms with Crippen molar-refractivity contribution in [2.45, 2.75) is 18.9 Å². The minimum absolute atomic E-state index is 0.0107. The Bertz CT molecular complexity index is 916. The van der Waals surface area contributed by atoms with Crippen LogP contribution in [0.15, 0.2) is 48.5 Å². The first kappa shape index (κ1) is 21.8. The van der Waals surface area contributed by atoms with Crippen LogP contribution in [0.5, 0.6) is 5.75 Å². The van der Waals surface area contributed by atoms with E-state index in [9.17, 15) is 18.8 Å². The highest BCUT2D eigenvalue weighted by Crippen LogP contribution is 2.28. The number of benzene rings is 2. The third-order valence-electron chi connectivity index (χ3n) is 4.89. The molecule has 0 unspecified atom stereocenters. The summed E-state index contributed by atoms with van der Waals surface area (Å²) in [4.78, 5) is 39.2. The number of esters is 1. The van der Waals surface area contributed by atoms with Gasteiger partial charge in [-0.1, -0.05) is 0 Å². The number of rotatable bonds is 8. The number of anilines is 1. The number of amides is 1. The fraction of sp³-hybridized carbons (Fsp3) is 0.318. The first-order valence-corrected chi connectivity index (χ1v) is 9.97. The third-order valence-corrected chi connectivity index (χ3v) is 5.11. The normalized spacial score (nSPS) is 17.0. The lowest BCUT2D eigenvalue weighted by Gasteiger charge is -2.19. The lowest BCUT2D eigenvalue weighted by atomic mass is 10.0. The van der Waals surface area contributed by atoms with Crippen LogP contribution in [-0.2, 0) is 14.3 Å². The van der Waals surface area contributed by atoms with Crippen molar-refractivity contribution in [3.8, 4) is 5.75 Å². The molecule has 1 saturated heterocycles. The first-order valence-electron chi connectivity index (χ1n) is 9.43. The molecule has 1 aliphatic rings. The number of ether oxygens (including phenoxy) is 2. The van der Waals surface area contributed by atoms with Gasteiger partial charge in [0.25, 0.3) is 0 Å². The molecule has 30 heavy (non-hydrogen) atoms. The second kappa shape index (κ2) is 9.71. The molecule has 3 rings (SSSR count). The summed E-state index contributed by atoms with van der Waals surface area (Å²) in [5, 5.41) is 0. The Balaban J connectivity index is 1.67. The van der Waals surface area contributed by atoms with Gasteiger partial charge < -0.3 is 14.4 Å². The Kier molecular flexibility index (Phi) is 7.05. The van der Waals surface area contributed by atoms with Gasteiger partial charge in [0, 0.05) is 36.5 Å². The van der Waals surface area contributed by atoms with Crippen LogP contribution in [-0.4, -0.2) is 43.3 Å². The van der Waals surface area contributed by atoms with Gasteiger partial charge in [-0.2, -0.15) is 0 Å². The molecule has 0 N–H and O–H groups in total. The van der Waals surface area contributed by atoms with E-state index in [0.717, 1.165) is 12.1 Å². The summed E-state index contributed by atoms with van der Waals surface area (Å²) >= 11 is 5.77. The van der Waals surface area contributed by atoms with Crippen molar-refractivity contribution in [3.05, 3.63) is 59.9 Å². The molecule has 2 atom stereocenters. The van der Waals surface area contributed by atoms with Gasteiger partial charge in [0.1, 0.15) is 11.6 Å². The second-order valence-electron chi connectivity index (χ2n) is 6.88. The zero-order valence-corrected chi connectivity index (χ0v) is 17.1. The number of carbonyl (C=O) groups is 3. The second-order valence-corrected chi connectivity index (χ2v) is 7.26. The van der Waals surface area contributed by atoms with Crippen LogP contribution < -0.4 is 9.64 Å². The molecule has 158 valence electrons. The topological polar surface area (TPSA) is 72.9 Å². The van der Waals surface area contributed by atoms with Crippen molar-refractivity contribution in [3.63, 3.8) is 0 Å². The Morgan fingerprint density at radius 3 is 2.43 bits per heavy atom. The number of hydrogen-bond acceptors (Lipinski definition) is 5. The summed E-state index contributed by atoms with van der Waals surface area (Å²) in [5.41, 5.74) is 0.873. The van der Waals surface area contributed by atoms with Crippen molar-refractivity contribution < 1.29 is 28.2 Å². The van der Waals surface area contributed by atoms with Crippen molar-refractivity contribution in [1.82, 2.24) is 0 Å². The monoisotopic (exact) mass is 433 g/mol. The summed E-state index contributed by atoms with van der Waals surface area (Å²) < 4.78 is 23.6. The molecule has 1 amide bonds. The summed E-state index contributed by atoms with van der Waals surface area (Å²) in [6.45, 7) is 0.155. The predicted octanol–water partition coefficient (Wildman–Crippen LogP) is 3.61. The summed E-state index contributed by atoms with van der Waals surface area (Å²) in [7, 11) is 1.55. The van der Waals surface area contributed by atoms with Gasteiger partial charge in [-0.3, -0.25) is 14.4 Å². The fourth-order valence-electron chi connectivity index (χ4n) is 3.26. The zero-order chi connectivity index (χ0) is 21.7. The lowest BCUT2D eigenvalue weighted by molar-refractivity contribution is -0.151. The van der Waals surface area contributed by atoms with Crippen LogP contribution in [0.25, 0.3) is 0 Å². The highest BCUT2D eigenvalue weighted by atomic mass is 35.5. The number of methoxy groups -OCH3 is 1. The van der Waals surface area contributed by atoms with E-state index in [1.165, 1.54) is 17.0 Å². The van der Waals surface area contributed by atoms with E-state index in [2.05, 4.69) is 0 Å². The summed E-state index contributed by atoms with van der Waals surface area (Å²) in [6.07, 6.45) is -0.985. The molecule has 2 aromatic rings. The molecule has 1 fully saturated rings.